The Balaban J connectivity index is 2.17. The number of aromatic nitrogens is 1. The first kappa shape index (κ1) is 7.33. The van der Waals surface area contributed by atoms with E-state index in [0.717, 1.165) is 12.1 Å². The van der Waals surface area contributed by atoms with Gasteiger partial charge in [-0.2, -0.15) is 0 Å². The fourth-order valence-corrected chi connectivity index (χ4v) is 2.50. The van der Waals surface area contributed by atoms with Gasteiger partial charge >= 0.3 is 0 Å². The van der Waals surface area contributed by atoms with E-state index in [-0.39, 0.29) is 5.56 Å². The SMILES string of the molecule is O=c1ccc2c([nH]1)CC1CCC2N1. The van der Waals surface area contributed by atoms with Crippen molar-refractivity contribution in [2.45, 2.75) is 31.3 Å². The molecule has 1 aromatic rings. The molecule has 2 unspecified atom stereocenters. The maximum atomic E-state index is 11.1. The zero-order valence-electron chi connectivity index (χ0n) is 7.34. The van der Waals surface area contributed by atoms with E-state index < -0.39 is 0 Å². The van der Waals surface area contributed by atoms with Crippen molar-refractivity contribution in [3.05, 3.63) is 33.7 Å². The molecular formula is C10H12N2O. The Hall–Kier alpha value is -1.09. The van der Waals surface area contributed by atoms with Crippen molar-refractivity contribution in [1.29, 1.82) is 0 Å². The summed E-state index contributed by atoms with van der Waals surface area (Å²) in [7, 11) is 0. The lowest BCUT2D eigenvalue weighted by Gasteiger charge is -2.23. The Labute approximate surface area is 76.2 Å². The number of hydrogen-bond donors (Lipinski definition) is 2. The summed E-state index contributed by atoms with van der Waals surface area (Å²) in [5.74, 6) is 0. The molecule has 2 aliphatic rings. The second-order valence-electron chi connectivity index (χ2n) is 3.95. The summed E-state index contributed by atoms with van der Waals surface area (Å²) in [5, 5.41) is 3.54. The number of aromatic amines is 1. The predicted octanol–water partition coefficient (Wildman–Crippen LogP) is 0.724. The molecule has 2 bridgehead atoms. The Morgan fingerprint density at radius 1 is 1.31 bits per heavy atom. The van der Waals surface area contributed by atoms with Crippen molar-refractivity contribution in [3.8, 4) is 0 Å². The molecule has 2 aliphatic heterocycles. The van der Waals surface area contributed by atoms with Crippen LogP contribution in [0.15, 0.2) is 16.9 Å². The Kier molecular flexibility index (Phi) is 1.38. The maximum Gasteiger partial charge on any atom is 0.248 e. The van der Waals surface area contributed by atoms with Crippen molar-refractivity contribution in [2.24, 2.45) is 0 Å². The van der Waals surface area contributed by atoms with Crippen molar-refractivity contribution >= 4 is 0 Å². The largest absolute Gasteiger partial charge is 0.326 e. The highest BCUT2D eigenvalue weighted by molar-refractivity contribution is 5.29. The second kappa shape index (κ2) is 2.45. The molecule has 3 rings (SSSR count). The van der Waals surface area contributed by atoms with Crippen LogP contribution in [-0.2, 0) is 6.42 Å². The highest BCUT2D eigenvalue weighted by Crippen LogP contribution is 2.33. The van der Waals surface area contributed by atoms with Crippen LogP contribution in [0.25, 0.3) is 0 Å². The van der Waals surface area contributed by atoms with E-state index in [1.165, 1.54) is 18.4 Å². The zero-order valence-corrected chi connectivity index (χ0v) is 7.34. The molecule has 1 fully saturated rings. The van der Waals surface area contributed by atoms with Gasteiger partial charge in [0.2, 0.25) is 5.56 Å². The molecule has 13 heavy (non-hydrogen) atoms. The topological polar surface area (TPSA) is 44.9 Å². The summed E-state index contributed by atoms with van der Waals surface area (Å²) in [5.41, 5.74) is 2.48. The molecule has 1 aromatic heterocycles. The summed E-state index contributed by atoms with van der Waals surface area (Å²) in [4.78, 5) is 14.0. The number of rotatable bonds is 0. The number of H-pyrrole nitrogens is 1. The molecule has 0 saturated carbocycles. The molecule has 3 heteroatoms. The van der Waals surface area contributed by atoms with Gasteiger partial charge in [-0.05, 0) is 18.4 Å². The van der Waals surface area contributed by atoms with Gasteiger partial charge in [-0.3, -0.25) is 4.79 Å². The third kappa shape index (κ3) is 1.04. The van der Waals surface area contributed by atoms with Crippen LogP contribution >= 0.6 is 0 Å². The van der Waals surface area contributed by atoms with Gasteiger partial charge < -0.3 is 10.3 Å². The number of pyridine rings is 1. The third-order valence-electron chi connectivity index (χ3n) is 3.10. The molecule has 0 radical (unpaired) electrons. The molecule has 0 spiro atoms. The van der Waals surface area contributed by atoms with Gasteiger partial charge in [0, 0.05) is 30.3 Å². The number of nitrogens with one attached hydrogen (secondary N) is 2. The van der Waals surface area contributed by atoms with Gasteiger partial charge in [-0.1, -0.05) is 6.07 Å². The van der Waals surface area contributed by atoms with E-state index in [1.54, 1.807) is 6.07 Å². The van der Waals surface area contributed by atoms with Gasteiger partial charge in [0.1, 0.15) is 0 Å². The average Bonchev–Trinajstić information content (AvgIpc) is 2.48. The van der Waals surface area contributed by atoms with Gasteiger partial charge in [0.05, 0.1) is 0 Å². The summed E-state index contributed by atoms with van der Waals surface area (Å²) in [6, 6.07) is 4.67. The molecule has 0 aliphatic carbocycles. The van der Waals surface area contributed by atoms with E-state index in [9.17, 15) is 4.79 Å². The van der Waals surface area contributed by atoms with Crippen molar-refractivity contribution < 1.29 is 0 Å². The first-order valence-corrected chi connectivity index (χ1v) is 4.81. The molecule has 2 atom stereocenters. The molecule has 2 N–H and O–H groups in total. The van der Waals surface area contributed by atoms with E-state index in [1.807, 2.05) is 6.07 Å². The molecule has 68 valence electrons. The van der Waals surface area contributed by atoms with Gasteiger partial charge in [-0.15, -0.1) is 0 Å². The van der Waals surface area contributed by atoms with Crippen LogP contribution in [0.5, 0.6) is 0 Å². The fraction of sp³-hybridized carbons (Fsp3) is 0.500. The molecule has 3 heterocycles. The minimum Gasteiger partial charge on any atom is -0.326 e. The summed E-state index contributed by atoms with van der Waals surface area (Å²) in [6.07, 6.45) is 3.44. The predicted molar refractivity (Wildman–Crippen MR) is 49.7 cm³/mol. The van der Waals surface area contributed by atoms with E-state index >= 15 is 0 Å². The second-order valence-corrected chi connectivity index (χ2v) is 3.95. The number of fused-ring (bicyclic) bond motifs is 4. The average molecular weight is 176 g/mol. The smallest absolute Gasteiger partial charge is 0.248 e. The van der Waals surface area contributed by atoms with E-state index in [2.05, 4.69) is 10.3 Å². The lowest BCUT2D eigenvalue weighted by atomic mass is 10.0. The molecule has 0 amide bonds. The van der Waals surface area contributed by atoms with Crippen LogP contribution < -0.4 is 10.9 Å². The maximum absolute atomic E-state index is 11.1. The van der Waals surface area contributed by atoms with Gasteiger partial charge in [-0.25, -0.2) is 0 Å². The summed E-state index contributed by atoms with van der Waals surface area (Å²) in [6.45, 7) is 0. The first-order valence-electron chi connectivity index (χ1n) is 4.81. The van der Waals surface area contributed by atoms with Crippen LogP contribution in [0.4, 0.5) is 0 Å². The standard InChI is InChI=1S/C10H12N2O/c13-10-4-2-7-8-3-1-6(11-8)5-9(7)12-10/h2,4,6,8,11H,1,3,5H2,(H,12,13). The quantitative estimate of drug-likeness (QED) is 0.612. The minimum absolute atomic E-state index is 0.0278. The normalized spacial score (nSPS) is 30.2. The fourth-order valence-electron chi connectivity index (χ4n) is 2.50. The van der Waals surface area contributed by atoms with Crippen molar-refractivity contribution in [2.75, 3.05) is 0 Å². The van der Waals surface area contributed by atoms with E-state index in [0.29, 0.717) is 12.1 Å². The molecule has 3 nitrogen and oxygen atoms in total. The lowest BCUT2D eigenvalue weighted by molar-refractivity contribution is 0.505. The monoisotopic (exact) mass is 176 g/mol. The van der Waals surface area contributed by atoms with Crippen LogP contribution in [0, 0.1) is 0 Å². The first-order chi connectivity index (χ1) is 6.33. The highest BCUT2D eigenvalue weighted by Gasteiger charge is 2.32. The van der Waals surface area contributed by atoms with Crippen LogP contribution in [-0.4, -0.2) is 11.0 Å². The van der Waals surface area contributed by atoms with Gasteiger partial charge in [0.25, 0.3) is 0 Å². The van der Waals surface area contributed by atoms with E-state index in [4.69, 9.17) is 0 Å². The number of hydrogen-bond acceptors (Lipinski definition) is 2. The molecule has 0 aromatic carbocycles. The Bertz CT molecular complexity index is 396. The summed E-state index contributed by atoms with van der Waals surface area (Å²) >= 11 is 0. The molecular weight excluding hydrogens is 164 g/mol. The Morgan fingerprint density at radius 3 is 3.15 bits per heavy atom. The third-order valence-corrected chi connectivity index (χ3v) is 3.10. The zero-order chi connectivity index (χ0) is 8.84. The van der Waals surface area contributed by atoms with Crippen molar-refractivity contribution in [1.82, 2.24) is 10.3 Å². The lowest BCUT2D eigenvalue weighted by Crippen LogP contribution is -2.33. The van der Waals surface area contributed by atoms with Crippen LogP contribution in [0.2, 0.25) is 0 Å². The van der Waals surface area contributed by atoms with Crippen LogP contribution in [0.1, 0.15) is 30.1 Å². The van der Waals surface area contributed by atoms with Gasteiger partial charge in [0.15, 0.2) is 0 Å². The minimum atomic E-state index is 0.0278. The Morgan fingerprint density at radius 2 is 2.23 bits per heavy atom. The van der Waals surface area contributed by atoms with Crippen molar-refractivity contribution in [3.63, 3.8) is 0 Å². The highest BCUT2D eigenvalue weighted by atomic mass is 16.1. The van der Waals surface area contributed by atoms with Crippen LogP contribution in [0.3, 0.4) is 0 Å². The summed E-state index contributed by atoms with van der Waals surface area (Å²) < 4.78 is 0. The molecule has 1 saturated heterocycles.